The molecule has 92 valence electrons. The summed E-state index contributed by atoms with van der Waals surface area (Å²) >= 11 is 7.40. The van der Waals surface area contributed by atoms with Crippen LogP contribution in [0.15, 0.2) is 11.4 Å². The molecule has 3 rings (SSSR count). The van der Waals surface area contributed by atoms with Crippen LogP contribution in [0.5, 0.6) is 0 Å². The van der Waals surface area contributed by atoms with Crippen molar-refractivity contribution in [3.63, 3.8) is 0 Å². The molecule has 1 aromatic rings. The molecule has 1 aromatic heterocycles. The molecule has 1 aliphatic carbocycles. The first-order chi connectivity index (χ1) is 8.16. The molecule has 2 fully saturated rings. The number of amides is 1. The molecule has 1 aliphatic heterocycles. The average molecular weight is 271 g/mol. The Bertz CT molecular complexity index is 443. The molecular weight excluding hydrogens is 256 g/mol. The highest BCUT2D eigenvalue weighted by Gasteiger charge is 2.42. The fourth-order valence-electron chi connectivity index (χ4n) is 2.63. The summed E-state index contributed by atoms with van der Waals surface area (Å²) in [6.45, 7) is 1.48. The van der Waals surface area contributed by atoms with Crippen molar-refractivity contribution in [2.45, 2.75) is 18.9 Å². The maximum Gasteiger partial charge on any atom is 0.265 e. The third-order valence-corrected chi connectivity index (χ3v) is 5.07. The van der Waals surface area contributed by atoms with Gasteiger partial charge in [0.05, 0.1) is 5.02 Å². The number of hydrogen-bond acceptors (Lipinski definition) is 3. The number of carbonyl (C=O) groups is 1. The van der Waals surface area contributed by atoms with Crippen LogP contribution in [0.2, 0.25) is 5.02 Å². The van der Waals surface area contributed by atoms with Crippen molar-refractivity contribution in [1.29, 1.82) is 0 Å². The van der Waals surface area contributed by atoms with E-state index in [4.69, 9.17) is 17.3 Å². The summed E-state index contributed by atoms with van der Waals surface area (Å²) in [5.41, 5.74) is 6.12. The van der Waals surface area contributed by atoms with Gasteiger partial charge in [-0.2, -0.15) is 0 Å². The van der Waals surface area contributed by atoms with Crippen LogP contribution in [0, 0.1) is 11.8 Å². The molecule has 1 saturated heterocycles. The lowest BCUT2D eigenvalue weighted by Gasteiger charge is -2.15. The van der Waals surface area contributed by atoms with Gasteiger partial charge < -0.3 is 10.6 Å². The third-order valence-electron chi connectivity index (χ3n) is 3.74. The second-order valence-electron chi connectivity index (χ2n) is 4.97. The Morgan fingerprint density at radius 1 is 1.47 bits per heavy atom. The van der Waals surface area contributed by atoms with Gasteiger partial charge >= 0.3 is 0 Å². The van der Waals surface area contributed by atoms with Crippen molar-refractivity contribution >= 4 is 28.8 Å². The second kappa shape index (κ2) is 4.26. The van der Waals surface area contributed by atoms with Crippen LogP contribution in [0.3, 0.4) is 0 Å². The van der Waals surface area contributed by atoms with E-state index in [1.54, 1.807) is 6.07 Å². The zero-order chi connectivity index (χ0) is 12.0. The number of rotatable bonds is 2. The molecule has 1 amide bonds. The minimum Gasteiger partial charge on any atom is -0.336 e. The first kappa shape index (κ1) is 11.5. The van der Waals surface area contributed by atoms with E-state index in [-0.39, 0.29) is 11.9 Å². The quantitative estimate of drug-likeness (QED) is 0.896. The molecule has 2 aliphatic rings. The summed E-state index contributed by atoms with van der Waals surface area (Å²) in [4.78, 5) is 14.8. The molecule has 0 radical (unpaired) electrons. The number of hydrogen-bond donors (Lipinski definition) is 1. The lowest BCUT2D eigenvalue weighted by Crippen LogP contribution is -2.32. The van der Waals surface area contributed by atoms with Crippen molar-refractivity contribution in [1.82, 2.24) is 4.90 Å². The topological polar surface area (TPSA) is 46.3 Å². The average Bonchev–Trinajstić information content (AvgIpc) is 2.94. The van der Waals surface area contributed by atoms with Gasteiger partial charge in [0.2, 0.25) is 0 Å². The van der Waals surface area contributed by atoms with Crippen LogP contribution in [0.1, 0.15) is 22.5 Å². The number of halogens is 1. The van der Waals surface area contributed by atoms with Crippen molar-refractivity contribution in [2.24, 2.45) is 17.6 Å². The van der Waals surface area contributed by atoms with E-state index in [1.807, 2.05) is 10.3 Å². The minimum atomic E-state index is 0.0450. The summed E-state index contributed by atoms with van der Waals surface area (Å²) in [7, 11) is 0. The van der Waals surface area contributed by atoms with E-state index in [9.17, 15) is 4.79 Å². The Labute approximate surface area is 110 Å². The molecule has 5 heteroatoms. The van der Waals surface area contributed by atoms with Gasteiger partial charge in [-0.1, -0.05) is 11.6 Å². The lowest BCUT2D eigenvalue weighted by atomic mass is 9.99. The first-order valence-electron chi connectivity index (χ1n) is 5.94. The summed E-state index contributed by atoms with van der Waals surface area (Å²) < 4.78 is 0. The van der Waals surface area contributed by atoms with Gasteiger partial charge in [-0.15, -0.1) is 11.3 Å². The van der Waals surface area contributed by atoms with Crippen molar-refractivity contribution in [3.05, 3.63) is 21.3 Å². The number of likely N-dealkylation sites (tertiary alicyclic amines) is 1. The molecule has 0 spiro atoms. The Morgan fingerprint density at radius 3 is 2.82 bits per heavy atom. The highest BCUT2D eigenvalue weighted by Crippen LogP contribution is 2.41. The van der Waals surface area contributed by atoms with Gasteiger partial charge in [-0.3, -0.25) is 4.79 Å². The van der Waals surface area contributed by atoms with Gasteiger partial charge in [0.25, 0.3) is 5.91 Å². The molecule has 2 atom stereocenters. The van der Waals surface area contributed by atoms with Gasteiger partial charge in [0.1, 0.15) is 4.88 Å². The first-order valence-corrected chi connectivity index (χ1v) is 7.20. The lowest BCUT2D eigenvalue weighted by molar-refractivity contribution is 0.0790. The van der Waals surface area contributed by atoms with E-state index < -0.39 is 0 Å². The van der Waals surface area contributed by atoms with Crippen LogP contribution in [-0.2, 0) is 0 Å². The molecule has 0 unspecified atom stereocenters. The molecule has 3 nitrogen and oxygen atoms in total. The van der Waals surface area contributed by atoms with Gasteiger partial charge in [-0.25, -0.2) is 0 Å². The normalized spacial score (nSPS) is 28.7. The Kier molecular flexibility index (Phi) is 2.89. The standard InChI is InChI=1S/C12H15ClN2OS/c13-9-3-4-17-11(9)12(16)15-5-8(7-1-2-7)10(14)6-15/h3-4,7-8,10H,1-2,5-6,14H2/t8-,10+/m1/s1. The molecule has 2 N–H and O–H groups in total. The Balaban J connectivity index is 1.73. The number of carbonyl (C=O) groups excluding carboxylic acids is 1. The van der Waals surface area contributed by atoms with E-state index >= 15 is 0 Å². The molecule has 0 bridgehead atoms. The third kappa shape index (κ3) is 2.09. The van der Waals surface area contributed by atoms with Crippen LogP contribution < -0.4 is 5.73 Å². The maximum absolute atomic E-state index is 12.3. The van der Waals surface area contributed by atoms with Gasteiger partial charge in [-0.05, 0) is 36.1 Å². The van der Waals surface area contributed by atoms with Crippen molar-refractivity contribution in [3.8, 4) is 0 Å². The molecule has 0 aromatic carbocycles. The second-order valence-corrected chi connectivity index (χ2v) is 6.30. The molecule has 17 heavy (non-hydrogen) atoms. The Hall–Kier alpha value is -0.580. The van der Waals surface area contributed by atoms with Gasteiger partial charge in [0, 0.05) is 19.1 Å². The number of thiophene rings is 1. The van der Waals surface area contributed by atoms with E-state index in [0.717, 1.165) is 12.5 Å². The number of nitrogens with two attached hydrogens (primary N) is 1. The molecule has 2 heterocycles. The predicted molar refractivity (Wildman–Crippen MR) is 69.4 cm³/mol. The molecule has 1 saturated carbocycles. The minimum absolute atomic E-state index is 0.0450. The smallest absolute Gasteiger partial charge is 0.265 e. The SMILES string of the molecule is N[C@H]1CN(C(=O)c2sccc2Cl)C[C@@H]1C1CC1. The fourth-order valence-corrected chi connectivity index (χ4v) is 3.74. The molecular formula is C12H15ClN2OS. The van der Waals surface area contributed by atoms with Gasteiger partial charge in [0.15, 0.2) is 0 Å². The summed E-state index contributed by atoms with van der Waals surface area (Å²) in [5, 5.41) is 2.41. The zero-order valence-electron chi connectivity index (χ0n) is 9.43. The largest absolute Gasteiger partial charge is 0.336 e. The number of nitrogens with zero attached hydrogens (tertiary/aromatic N) is 1. The summed E-state index contributed by atoms with van der Waals surface area (Å²) in [5.74, 6) is 1.29. The van der Waals surface area contributed by atoms with Crippen LogP contribution in [-0.4, -0.2) is 29.9 Å². The highest BCUT2D eigenvalue weighted by molar-refractivity contribution is 7.12. The van der Waals surface area contributed by atoms with Crippen LogP contribution in [0.4, 0.5) is 0 Å². The monoisotopic (exact) mass is 270 g/mol. The highest BCUT2D eigenvalue weighted by atomic mass is 35.5. The summed E-state index contributed by atoms with van der Waals surface area (Å²) in [6.07, 6.45) is 2.56. The zero-order valence-corrected chi connectivity index (χ0v) is 11.0. The van der Waals surface area contributed by atoms with Crippen molar-refractivity contribution < 1.29 is 4.79 Å². The van der Waals surface area contributed by atoms with E-state index in [0.29, 0.717) is 22.4 Å². The predicted octanol–water partition coefficient (Wildman–Crippen LogP) is 2.21. The van der Waals surface area contributed by atoms with Crippen LogP contribution >= 0.6 is 22.9 Å². The summed E-state index contributed by atoms with van der Waals surface area (Å²) in [6, 6.07) is 1.92. The van der Waals surface area contributed by atoms with Crippen LogP contribution in [0.25, 0.3) is 0 Å². The van der Waals surface area contributed by atoms with E-state index in [1.165, 1.54) is 24.2 Å². The van der Waals surface area contributed by atoms with Crippen molar-refractivity contribution in [2.75, 3.05) is 13.1 Å². The maximum atomic E-state index is 12.3. The van der Waals surface area contributed by atoms with E-state index in [2.05, 4.69) is 0 Å². The fraction of sp³-hybridized carbons (Fsp3) is 0.583. The Morgan fingerprint density at radius 2 is 2.24 bits per heavy atom.